The van der Waals surface area contributed by atoms with Crippen molar-refractivity contribution in [2.75, 3.05) is 25.0 Å². The van der Waals surface area contributed by atoms with Gasteiger partial charge in [-0.25, -0.2) is 9.97 Å². The third-order valence-corrected chi connectivity index (χ3v) is 8.13. The Morgan fingerprint density at radius 1 is 1.11 bits per heavy atom. The first-order valence-corrected chi connectivity index (χ1v) is 13.6. The highest BCUT2D eigenvalue weighted by molar-refractivity contribution is 5.99. The molecule has 0 amide bonds. The van der Waals surface area contributed by atoms with E-state index < -0.39 is 0 Å². The molecule has 6 rings (SSSR count). The summed E-state index contributed by atoms with van der Waals surface area (Å²) in [5.74, 6) is 1.75. The van der Waals surface area contributed by atoms with Crippen molar-refractivity contribution in [3.05, 3.63) is 57.6 Å². The Morgan fingerprint density at radius 2 is 1.92 bits per heavy atom. The monoisotopic (exact) mass is 498 g/mol. The number of carbonyl (C=O) groups is 1. The number of pyridine rings is 2. The van der Waals surface area contributed by atoms with Gasteiger partial charge in [-0.2, -0.15) is 4.98 Å². The second-order valence-corrected chi connectivity index (χ2v) is 10.8. The van der Waals surface area contributed by atoms with E-state index in [1.807, 2.05) is 12.3 Å². The quantitative estimate of drug-likeness (QED) is 0.455. The second-order valence-electron chi connectivity index (χ2n) is 10.8. The molecule has 0 radical (unpaired) electrons. The van der Waals surface area contributed by atoms with E-state index in [0.29, 0.717) is 23.0 Å². The number of anilines is 2. The lowest BCUT2D eigenvalue weighted by Crippen LogP contribution is -2.30. The molecule has 0 aromatic carbocycles. The summed E-state index contributed by atoms with van der Waals surface area (Å²) < 4.78 is 1.73. The molecule has 1 N–H and O–H groups in total. The summed E-state index contributed by atoms with van der Waals surface area (Å²) in [4.78, 5) is 42.2. The van der Waals surface area contributed by atoms with Crippen molar-refractivity contribution in [2.45, 2.75) is 64.8 Å². The molecule has 0 unspecified atom stereocenters. The number of nitrogens with one attached hydrogen (secondary N) is 1. The molecule has 0 saturated heterocycles. The molecular weight excluding hydrogens is 464 g/mol. The highest BCUT2D eigenvalue weighted by Gasteiger charge is 2.26. The predicted molar refractivity (Wildman–Crippen MR) is 145 cm³/mol. The number of hydrogen-bond donors (Lipinski definition) is 1. The number of ketones is 1. The standard InChI is InChI=1S/C29H34N6O2/c1-18-24-16-31-29(33-27(24)35(23-5-3-4-6-23)28(37)26(18)19(2)36)32-25-10-9-22(15-30-25)21-11-13-34(14-12-21)17-20-7-8-20/h9-11,15-16,20,23H,3-8,12-14,17H2,1-2H3,(H,30,31,32,33). The van der Waals surface area contributed by atoms with Crippen LogP contribution < -0.4 is 10.9 Å². The van der Waals surface area contributed by atoms with E-state index in [9.17, 15) is 9.59 Å². The van der Waals surface area contributed by atoms with Gasteiger partial charge in [0.15, 0.2) is 5.78 Å². The highest BCUT2D eigenvalue weighted by atomic mass is 16.1. The molecule has 3 aromatic heterocycles. The minimum atomic E-state index is -0.243. The van der Waals surface area contributed by atoms with Crippen molar-refractivity contribution in [2.24, 2.45) is 5.92 Å². The third kappa shape index (κ3) is 4.82. The molecule has 3 aliphatic rings. The van der Waals surface area contributed by atoms with Crippen molar-refractivity contribution in [3.8, 4) is 0 Å². The fourth-order valence-corrected chi connectivity index (χ4v) is 5.89. The number of aromatic nitrogens is 4. The van der Waals surface area contributed by atoms with Crippen LogP contribution in [0, 0.1) is 12.8 Å². The highest BCUT2D eigenvalue weighted by Crippen LogP contribution is 2.33. The number of Topliss-reactive ketones (excluding diaryl/α,β-unsaturated/α-hetero) is 1. The molecule has 8 heteroatoms. The Bertz CT molecular complexity index is 1430. The molecule has 2 aliphatic carbocycles. The van der Waals surface area contributed by atoms with Crippen LogP contribution in [0.1, 0.15) is 79.4 Å². The van der Waals surface area contributed by atoms with Gasteiger partial charge >= 0.3 is 0 Å². The maximum Gasteiger partial charge on any atom is 0.263 e. The first kappa shape index (κ1) is 24.0. The number of hydrogen-bond acceptors (Lipinski definition) is 7. The summed E-state index contributed by atoms with van der Waals surface area (Å²) in [6.45, 7) is 6.63. The summed E-state index contributed by atoms with van der Waals surface area (Å²) in [6.07, 6.45) is 13.8. The van der Waals surface area contributed by atoms with Crippen LogP contribution in [0.4, 0.5) is 11.8 Å². The van der Waals surface area contributed by atoms with Gasteiger partial charge in [-0.15, -0.1) is 0 Å². The topological polar surface area (TPSA) is 93.0 Å². The Labute approximate surface area is 216 Å². The van der Waals surface area contributed by atoms with Gasteiger partial charge in [0.25, 0.3) is 5.56 Å². The Balaban J connectivity index is 1.26. The molecular formula is C29H34N6O2. The van der Waals surface area contributed by atoms with E-state index in [-0.39, 0.29) is 22.9 Å². The normalized spacial score (nSPS) is 18.8. The fraction of sp³-hybridized carbons (Fsp3) is 0.483. The van der Waals surface area contributed by atoms with Crippen molar-refractivity contribution in [3.63, 3.8) is 0 Å². The van der Waals surface area contributed by atoms with Gasteiger partial charge < -0.3 is 5.32 Å². The molecule has 0 spiro atoms. The predicted octanol–water partition coefficient (Wildman–Crippen LogP) is 5.06. The van der Waals surface area contributed by atoms with Crippen molar-refractivity contribution >= 4 is 34.2 Å². The largest absolute Gasteiger partial charge is 0.309 e. The van der Waals surface area contributed by atoms with Crippen LogP contribution in [0.3, 0.4) is 0 Å². The molecule has 4 heterocycles. The minimum Gasteiger partial charge on any atom is -0.309 e. The van der Waals surface area contributed by atoms with Crippen molar-refractivity contribution < 1.29 is 4.79 Å². The number of carbonyl (C=O) groups excluding carboxylic acids is 1. The number of aryl methyl sites for hydroxylation is 1. The van der Waals surface area contributed by atoms with E-state index in [4.69, 9.17) is 4.98 Å². The molecule has 3 aromatic rings. The first-order valence-electron chi connectivity index (χ1n) is 13.6. The fourth-order valence-electron chi connectivity index (χ4n) is 5.89. The van der Waals surface area contributed by atoms with Gasteiger partial charge in [0.1, 0.15) is 11.5 Å². The molecule has 8 nitrogen and oxygen atoms in total. The Hall–Kier alpha value is -3.39. The minimum absolute atomic E-state index is 0.0535. The SMILES string of the molecule is CC(=O)c1c(C)c2cnc(Nc3ccc(C4=CCN(CC5CC5)CC4)cn3)nc2n(C2CCCC2)c1=O. The number of fused-ring (bicyclic) bond motifs is 1. The number of nitrogens with zero attached hydrogens (tertiary/aromatic N) is 5. The van der Waals surface area contributed by atoms with Crippen molar-refractivity contribution in [1.29, 1.82) is 0 Å². The summed E-state index contributed by atoms with van der Waals surface area (Å²) in [7, 11) is 0. The van der Waals surface area contributed by atoms with Gasteiger partial charge in [-0.05, 0) is 80.7 Å². The molecule has 0 bridgehead atoms. The molecule has 37 heavy (non-hydrogen) atoms. The van der Waals surface area contributed by atoms with Crippen LogP contribution in [0.2, 0.25) is 0 Å². The Morgan fingerprint density at radius 3 is 2.57 bits per heavy atom. The molecule has 0 atom stereocenters. The van der Waals surface area contributed by atoms with Gasteiger partial charge in [-0.3, -0.25) is 19.1 Å². The lowest BCUT2D eigenvalue weighted by atomic mass is 10.0. The van der Waals surface area contributed by atoms with Crippen LogP contribution in [0.15, 0.2) is 35.4 Å². The lowest BCUT2D eigenvalue weighted by Gasteiger charge is -2.26. The van der Waals surface area contributed by atoms with Crippen LogP contribution in [0.5, 0.6) is 0 Å². The average molecular weight is 499 g/mol. The Kier molecular flexibility index (Phi) is 6.36. The van der Waals surface area contributed by atoms with Gasteiger partial charge in [0.05, 0.1) is 5.56 Å². The second kappa shape index (κ2) is 9.82. The number of rotatable bonds is 7. The van der Waals surface area contributed by atoms with E-state index in [0.717, 1.165) is 62.1 Å². The molecule has 192 valence electrons. The van der Waals surface area contributed by atoms with E-state index in [2.05, 4.69) is 32.3 Å². The summed E-state index contributed by atoms with van der Waals surface area (Å²) in [6, 6.07) is 4.10. The maximum atomic E-state index is 13.4. The summed E-state index contributed by atoms with van der Waals surface area (Å²) >= 11 is 0. The van der Waals surface area contributed by atoms with Gasteiger partial charge in [0.2, 0.25) is 5.95 Å². The smallest absolute Gasteiger partial charge is 0.263 e. The van der Waals surface area contributed by atoms with E-state index in [1.165, 1.54) is 31.9 Å². The zero-order valence-corrected chi connectivity index (χ0v) is 21.7. The van der Waals surface area contributed by atoms with Gasteiger partial charge in [0, 0.05) is 43.5 Å². The molecule has 2 saturated carbocycles. The van der Waals surface area contributed by atoms with Crippen LogP contribution in [-0.2, 0) is 0 Å². The average Bonchev–Trinajstić information content (AvgIpc) is 3.54. The van der Waals surface area contributed by atoms with E-state index >= 15 is 0 Å². The van der Waals surface area contributed by atoms with Gasteiger partial charge in [-0.1, -0.05) is 18.9 Å². The first-order chi connectivity index (χ1) is 18.0. The lowest BCUT2D eigenvalue weighted by molar-refractivity contribution is 0.101. The van der Waals surface area contributed by atoms with Crippen molar-refractivity contribution in [1.82, 2.24) is 24.4 Å². The molecule has 2 fully saturated rings. The zero-order chi connectivity index (χ0) is 25.5. The van der Waals surface area contributed by atoms with Crippen LogP contribution in [0.25, 0.3) is 16.6 Å². The van der Waals surface area contributed by atoms with Crippen LogP contribution in [-0.4, -0.2) is 49.8 Å². The van der Waals surface area contributed by atoms with Crippen LogP contribution >= 0.6 is 0 Å². The maximum absolute atomic E-state index is 13.4. The third-order valence-electron chi connectivity index (χ3n) is 8.13. The summed E-state index contributed by atoms with van der Waals surface area (Å²) in [5, 5.41) is 3.95. The zero-order valence-electron chi connectivity index (χ0n) is 21.7. The molecule has 1 aliphatic heterocycles. The van der Waals surface area contributed by atoms with E-state index in [1.54, 1.807) is 17.7 Å². The summed E-state index contributed by atoms with van der Waals surface area (Å²) in [5.41, 5.74) is 3.73.